The summed E-state index contributed by atoms with van der Waals surface area (Å²) in [7, 11) is -1.84. The minimum atomic E-state index is -3.47. The molecule has 2 atom stereocenters. The minimum Gasteiger partial charge on any atom is -0.398 e. The lowest BCUT2D eigenvalue weighted by atomic mass is 10.2. The number of hydrogen-bond donors (Lipinski definition) is 1. The second-order valence-corrected chi connectivity index (χ2v) is 7.23. The van der Waals surface area contributed by atoms with Gasteiger partial charge in [0.15, 0.2) is 0 Å². The van der Waals surface area contributed by atoms with Gasteiger partial charge in [-0.25, -0.2) is 12.7 Å². The molecule has 0 aromatic heterocycles. The minimum absolute atomic E-state index is 0.251. The van der Waals surface area contributed by atoms with Crippen LogP contribution in [0.1, 0.15) is 18.9 Å². The van der Waals surface area contributed by atoms with E-state index in [0.29, 0.717) is 29.6 Å². The molecule has 0 saturated heterocycles. The third kappa shape index (κ3) is 2.37. The van der Waals surface area contributed by atoms with Crippen molar-refractivity contribution in [1.29, 1.82) is 0 Å². The van der Waals surface area contributed by atoms with Crippen molar-refractivity contribution in [3.05, 3.63) is 23.8 Å². The summed E-state index contributed by atoms with van der Waals surface area (Å²) in [4.78, 5) is 0.251. The van der Waals surface area contributed by atoms with E-state index in [0.717, 1.165) is 6.42 Å². The van der Waals surface area contributed by atoms with Crippen LogP contribution in [0.4, 0.5) is 5.69 Å². The zero-order valence-corrected chi connectivity index (χ0v) is 11.9. The van der Waals surface area contributed by atoms with Crippen molar-refractivity contribution in [3.8, 4) is 0 Å². The highest BCUT2D eigenvalue weighted by Gasteiger charge is 2.36. The van der Waals surface area contributed by atoms with Crippen LogP contribution in [0.25, 0.3) is 0 Å². The van der Waals surface area contributed by atoms with Crippen molar-refractivity contribution in [2.45, 2.75) is 25.2 Å². The molecule has 100 valence electrons. The fraction of sp³-hybridized carbons (Fsp3) is 0.538. The fourth-order valence-electron chi connectivity index (χ4n) is 2.27. The van der Waals surface area contributed by atoms with E-state index in [1.54, 1.807) is 32.2 Å². The summed E-state index contributed by atoms with van der Waals surface area (Å²) in [6.45, 7) is 4.50. The summed E-state index contributed by atoms with van der Waals surface area (Å²) in [6, 6.07) is 5.18. The average Bonchev–Trinajstić information content (AvgIpc) is 2.93. The van der Waals surface area contributed by atoms with Gasteiger partial charge < -0.3 is 5.73 Å². The zero-order chi connectivity index (χ0) is 13.5. The van der Waals surface area contributed by atoms with Gasteiger partial charge in [0.25, 0.3) is 0 Å². The van der Waals surface area contributed by atoms with Crippen molar-refractivity contribution < 1.29 is 8.42 Å². The molecular weight excluding hydrogens is 248 g/mol. The quantitative estimate of drug-likeness (QED) is 0.848. The molecule has 0 heterocycles. The number of anilines is 1. The first-order chi connectivity index (χ1) is 8.34. The first-order valence-electron chi connectivity index (χ1n) is 6.15. The number of nitrogens with zero attached hydrogens (tertiary/aromatic N) is 1. The maximum absolute atomic E-state index is 12.5. The van der Waals surface area contributed by atoms with Gasteiger partial charge in [-0.1, -0.05) is 19.1 Å². The maximum atomic E-state index is 12.5. The molecule has 2 unspecified atom stereocenters. The Balaban J connectivity index is 2.30. The Kier molecular flexibility index (Phi) is 3.38. The highest BCUT2D eigenvalue weighted by atomic mass is 32.2. The van der Waals surface area contributed by atoms with Gasteiger partial charge >= 0.3 is 0 Å². The van der Waals surface area contributed by atoms with Crippen LogP contribution in [-0.4, -0.2) is 26.3 Å². The second kappa shape index (κ2) is 4.55. The van der Waals surface area contributed by atoms with E-state index >= 15 is 0 Å². The number of benzene rings is 1. The topological polar surface area (TPSA) is 63.4 Å². The van der Waals surface area contributed by atoms with Gasteiger partial charge in [-0.15, -0.1) is 0 Å². The summed E-state index contributed by atoms with van der Waals surface area (Å²) < 4.78 is 26.4. The predicted octanol–water partition coefficient (Wildman–Crippen LogP) is 1.85. The van der Waals surface area contributed by atoms with Gasteiger partial charge in [0.05, 0.1) is 5.69 Å². The number of nitrogens with two attached hydrogens (primary N) is 1. The lowest BCUT2D eigenvalue weighted by Gasteiger charge is -2.19. The van der Waals surface area contributed by atoms with Crippen LogP contribution in [0.5, 0.6) is 0 Å². The Morgan fingerprint density at radius 2 is 2.06 bits per heavy atom. The third-order valence-electron chi connectivity index (χ3n) is 3.68. The van der Waals surface area contributed by atoms with E-state index in [1.807, 2.05) is 0 Å². The number of nitrogen functional groups attached to an aromatic ring is 1. The number of sulfonamides is 1. The molecule has 1 aromatic rings. The lowest BCUT2D eigenvalue weighted by molar-refractivity contribution is 0.444. The number of rotatable bonds is 4. The van der Waals surface area contributed by atoms with Crippen molar-refractivity contribution >= 4 is 15.7 Å². The SMILES string of the molecule is Cc1cccc(N)c1S(=O)(=O)N(C)CC1CC1C. The second-order valence-electron chi connectivity index (χ2n) is 5.25. The first-order valence-corrected chi connectivity index (χ1v) is 7.59. The van der Waals surface area contributed by atoms with E-state index < -0.39 is 10.0 Å². The molecule has 18 heavy (non-hydrogen) atoms. The molecule has 2 rings (SSSR count). The molecule has 0 spiro atoms. The normalized spacial score (nSPS) is 23.3. The molecule has 1 fully saturated rings. The molecule has 1 aliphatic rings. The molecule has 1 saturated carbocycles. The van der Waals surface area contributed by atoms with Crippen LogP contribution in [0.2, 0.25) is 0 Å². The molecule has 0 amide bonds. The molecule has 5 heteroatoms. The van der Waals surface area contributed by atoms with Crippen LogP contribution in [0.15, 0.2) is 23.1 Å². The van der Waals surface area contributed by atoms with Gasteiger partial charge in [-0.2, -0.15) is 0 Å². The van der Waals surface area contributed by atoms with Crippen LogP contribution >= 0.6 is 0 Å². The molecule has 1 aromatic carbocycles. The highest BCUT2D eigenvalue weighted by Crippen LogP contribution is 2.39. The van der Waals surface area contributed by atoms with Gasteiger partial charge in [-0.05, 0) is 36.8 Å². The Morgan fingerprint density at radius 1 is 1.44 bits per heavy atom. The lowest BCUT2D eigenvalue weighted by Crippen LogP contribution is -2.30. The molecule has 0 radical (unpaired) electrons. The van der Waals surface area contributed by atoms with E-state index in [4.69, 9.17) is 5.73 Å². The summed E-state index contributed by atoms with van der Waals surface area (Å²) in [5.41, 5.74) is 6.84. The monoisotopic (exact) mass is 268 g/mol. The number of aryl methyl sites for hydroxylation is 1. The van der Waals surface area contributed by atoms with Crippen LogP contribution in [0.3, 0.4) is 0 Å². The van der Waals surface area contributed by atoms with E-state index in [9.17, 15) is 8.42 Å². The van der Waals surface area contributed by atoms with E-state index in [2.05, 4.69) is 6.92 Å². The van der Waals surface area contributed by atoms with Gasteiger partial charge in [0, 0.05) is 13.6 Å². The van der Waals surface area contributed by atoms with Crippen LogP contribution < -0.4 is 5.73 Å². The standard InChI is InChI=1S/C13H20N2O2S/c1-9-5-4-6-12(14)13(9)18(16,17)15(3)8-11-7-10(11)2/h4-6,10-11H,7-8,14H2,1-3H3. The zero-order valence-electron chi connectivity index (χ0n) is 11.1. The molecule has 1 aliphatic carbocycles. The predicted molar refractivity (Wildman–Crippen MR) is 72.7 cm³/mol. The van der Waals surface area contributed by atoms with Gasteiger partial charge in [0.2, 0.25) is 10.0 Å². The van der Waals surface area contributed by atoms with Gasteiger partial charge in [0.1, 0.15) is 4.90 Å². The van der Waals surface area contributed by atoms with Crippen molar-refractivity contribution in [2.24, 2.45) is 11.8 Å². The Hall–Kier alpha value is -1.07. The van der Waals surface area contributed by atoms with Crippen LogP contribution in [-0.2, 0) is 10.0 Å². The number of hydrogen-bond acceptors (Lipinski definition) is 3. The first kappa shape index (κ1) is 13.4. The summed E-state index contributed by atoms with van der Waals surface area (Å²) in [5.74, 6) is 1.13. The average molecular weight is 268 g/mol. The summed E-state index contributed by atoms with van der Waals surface area (Å²) in [6.07, 6.45) is 1.11. The highest BCUT2D eigenvalue weighted by molar-refractivity contribution is 7.89. The molecular formula is C13H20N2O2S. The van der Waals surface area contributed by atoms with E-state index in [1.165, 1.54) is 4.31 Å². The molecule has 2 N–H and O–H groups in total. The molecule has 4 nitrogen and oxygen atoms in total. The van der Waals surface area contributed by atoms with Crippen molar-refractivity contribution in [2.75, 3.05) is 19.3 Å². The molecule has 0 aliphatic heterocycles. The Labute approximate surface area is 109 Å². The Morgan fingerprint density at radius 3 is 2.56 bits per heavy atom. The van der Waals surface area contributed by atoms with Gasteiger partial charge in [-0.3, -0.25) is 0 Å². The van der Waals surface area contributed by atoms with Crippen LogP contribution in [0, 0.1) is 18.8 Å². The largest absolute Gasteiger partial charge is 0.398 e. The maximum Gasteiger partial charge on any atom is 0.245 e. The summed E-state index contributed by atoms with van der Waals surface area (Å²) in [5, 5.41) is 0. The Bertz CT molecular complexity index is 534. The smallest absolute Gasteiger partial charge is 0.245 e. The van der Waals surface area contributed by atoms with Crippen molar-refractivity contribution in [1.82, 2.24) is 4.31 Å². The third-order valence-corrected chi connectivity index (χ3v) is 5.72. The van der Waals surface area contributed by atoms with Crippen molar-refractivity contribution in [3.63, 3.8) is 0 Å². The summed E-state index contributed by atoms with van der Waals surface area (Å²) >= 11 is 0. The molecule has 0 bridgehead atoms. The van der Waals surface area contributed by atoms with E-state index in [-0.39, 0.29) is 4.90 Å². The fourth-order valence-corrected chi connectivity index (χ4v) is 3.81.